The largest absolute Gasteiger partial charge is 0.377 e. The van der Waals surface area contributed by atoms with E-state index in [-0.39, 0.29) is 18.1 Å². The molecule has 0 aliphatic heterocycles. The molecule has 4 aromatic carbocycles. The van der Waals surface area contributed by atoms with Crippen molar-refractivity contribution in [2.45, 2.75) is 56.9 Å². The van der Waals surface area contributed by atoms with Gasteiger partial charge in [-0.1, -0.05) is 91.9 Å². The van der Waals surface area contributed by atoms with E-state index in [2.05, 4.69) is 97.3 Å². The predicted molar refractivity (Wildman–Crippen MR) is 164 cm³/mol. The Bertz CT molecular complexity index is 1480. The Labute approximate surface area is 231 Å². The van der Waals surface area contributed by atoms with Gasteiger partial charge in [0.1, 0.15) is 11.4 Å². The van der Waals surface area contributed by atoms with Crippen LogP contribution < -0.4 is 37.8 Å². The summed E-state index contributed by atoms with van der Waals surface area (Å²) in [7, 11) is -0.591. The lowest BCUT2D eigenvalue weighted by Gasteiger charge is -2.36. The average Bonchev–Trinajstić information content (AvgIpc) is 3.50. The van der Waals surface area contributed by atoms with Gasteiger partial charge in [0.15, 0.2) is 0 Å². The Morgan fingerprint density at radius 3 is 2.08 bits per heavy atom. The lowest BCUT2D eigenvalue weighted by atomic mass is 9.96. The first-order valence-electron chi connectivity index (χ1n) is 14.0. The van der Waals surface area contributed by atoms with Gasteiger partial charge in [-0.15, -0.1) is 0 Å². The molecule has 0 spiro atoms. The molecule has 2 aliphatic rings. The summed E-state index contributed by atoms with van der Waals surface area (Å²) < 4.78 is 0. The number of fused-ring (bicyclic) bond motifs is 1. The zero-order valence-corrected chi connectivity index (χ0v) is 23.4. The lowest BCUT2D eigenvalue weighted by molar-refractivity contribution is 0.471. The SMILES string of the molecule is CC1CC[C@@H]([C@@H](C)Nc2c(N[C@H]3c4ccccc4C[C@@H]3N)c(=O)c2=O)C1P(c1ccccc1)c1ccccc1. The minimum Gasteiger partial charge on any atom is -0.377 e. The fourth-order valence-corrected chi connectivity index (χ4v) is 10.3. The number of hydrogen-bond donors (Lipinski definition) is 3. The van der Waals surface area contributed by atoms with Crippen LogP contribution in [0.5, 0.6) is 0 Å². The second-order valence-corrected chi connectivity index (χ2v) is 13.6. The molecule has 2 unspecified atom stereocenters. The Kier molecular flexibility index (Phi) is 7.14. The molecule has 5 nitrogen and oxygen atoms in total. The predicted octanol–water partition coefficient (Wildman–Crippen LogP) is 4.67. The van der Waals surface area contributed by atoms with Gasteiger partial charge in [0.2, 0.25) is 0 Å². The van der Waals surface area contributed by atoms with Gasteiger partial charge in [0.05, 0.1) is 6.04 Å². The molecule has 2 aliphatic carbocycles. The summed E-state index contributed by atoms with van der Waals surface area (Å²) in [6.07, 6.45) is 3.01. The van der Waals surface area contributed by atoms with Crippen LogP contribution in [0.15, 0.2) is 94.5 Å². The molecule has 0 heterocycles. The molecule has 0 bridgehead atoms. The van der Waals surface area contributed by atoms with Crippen LogP contribution in [0.1, 0.15) is 43.9 Å². The topological polar surface area (TPSA) is 84.2 Å². The standard InChI is InChI=1S/C33H36N3O2P/c1-20-17-18-25(33(20)39(23-12-5-3-6-13-23)24-14-7-4-8-15-24)21(2)35-29-30(32(38)31(29)37)36-28-26-16-10-9-11-22(26)19-27(28)34/h3-16,20-21,25,27-28,33,35-36H,17-19,34H2,1-2H3/t20?,21-,25+,27+,28+,33?/m1/s1. The molecule has 4 aromatic rings. The van der Waals surface area contributed by atoms with Gasteiger partial charge in [-0.2, -0.15) is 0 Å². The van der Waals surface area contributed by atoms with E-state index in [9.17, 15) is 9.59 Å². The fraction of sp³-hybridized carbons (Fsp3) is 0.333. The van der Waals surface area contributed by atoms with Crippen LogP contribution in [-0.2, 0) is 6.42 Å². The van der Waals surface area contributed by atoms with Crippen LogP contribution in [0.4, 0.5) is 11.4 Å². The van der Waals surface area contributed by atoms with E-state index in [1.165, 1.54) is 16.2 Å². The van der Waals surface area contributed by atoms with Gasteiger partial charge < -0.3 is 16.4 Å². The molecule has 6 heteroatoms. The summed E-state index contributed by atoms with van der Waals surface area (Å²) in [5.74, 6) is 0.933. The third-order valence-electron chi connectivity index (χ3n) is 8.84. The van der Waals surface area contributed by atoms with E-state index in [1.807, 2.05) is 12.1 Å². The summed E-state index contributed by atoms with van der Waals surface area (Å²) in [5.41, 5.74) is 9.16. The minimum absolute atomic E-state index is 0.0470. The van der Waals surface area contributed by atoms with Crippen molar-refractivity contribution in [3.8, 4) is 0 Å². The number of hydrogen-bond acceptors (Lipinski definition) is 5. The fourth-order valence-electron chi connectivity index (χ4n) is 6.85. The molecule has 6 atom stereocenters. The maximum Gasteiger partial charge on any atom is 0.253 e. The Morgan fingerprint density at radius 1 is 0.821 bits per heavy atom. The Morgan fingerprint density at radius 2 is 1.41 bits per heavy atom. The Balaban J connectivity index is 1.27. The van der Waals surface area contributed by atoms with Crippen molar-refractivity contribution in [2.75, 3.05) is 10.6 Å². The van der Waals surface area contributed by atoms with Crippen molar-refractivity contribution in [3.05, 3.63) is 117 Å². The molecular formula is C33H36N3O2P. The highest BCUT2D eigenvalue weighted by Gasteiger charge is 2.43. The van der Waals surface area contributed by atoms with Crippen LogP contribution in [0.3, 0.4) is 0 Å². The maximum atomic E-state index is 12.8. The highest BCUT2D eigenvalue weighted by atomic mass is 31.1. The van der Waals surface area contributed by atoms with Crippen molar-refractivity contribution in [3.63, 3.8) is 0 Å². The molecule has 0 aromatic heterocycles. The molecule has 1 fully saturated rings. The average molecular weight is 538 g/mol. The maximum absolute atomic E-state index is 12.8. The minimum atomic E-state index is -0.591. The van der Waals surface area contributed by atoms with Crippen molar-refractivity contribution in [1.29, 1.82) is 0 Å². The highest BCUT2D eigenvalue weighted by Crippen LogP contribution is 2.53. The summed E-state index contributed by atoms with van der Waals surface area (Å²) in [4.78, 5) is 25.5. The quantitative estimate of drug-likeness (QED) is 0.225. The summed E-state index contributed by atoms with van der Waals surface area (Å²) in [5, 5.41) is 9.67. The first-order chi connectivity index (χ1) is 18.9. The number of anilines is 2. The first-order valence-corrected chi connectivity index (χ1v) is 15.4. The number of rotatable bonds is 8. The molecule has 39 heavy (non-hydrogen) atoms. The smallest absolute Gasteiger partial charge is 0.253 e. The van der Waals surface area contributed by atoms with Crippen LogP contribution in [-0.4, -0.2) is 17.7 Å². The van der Waals surface area contributed by atoms with Gasteiger partial charge >= 0.3 is 0 Å². The Hall–Kier alpha value is -3.27. The van der Waals surface area contributed by atoms with Crippen molar-refractivity contribution < 1.29 is 0 Å². The highest BCUT2D eigenvalue weighted by molar-refractivity contribution is 7.73. The lowest BCUT2D eigenvalue weighted by Crippen LogP contribution is -2.44. The second kappa shape index (κ2) is 10.7. The number of benzene rings is 3. The number of nitrogens with one attached hydrogen (secondary N) is 2. The first kappa shape index (κ1) is 26.0. The van der Waals surface area contributed by atoms with Crippen molar-refractivity contribution in [1.82, 2.24) is 0 Å². The molecule has 1 saturated carbocycles. The van der Waals surface area contributed by atoms with E-state index in [1.54, 1.807) is 0 Å². The van der Waals surface area contributed by atoms with Crippen molar-refractivity contribution >= 4 is 29.9 Å². The van der Waals surface area contributed by atoms with Crippen LogP contribution in [0.2, 0.25) is 0 Å². The normalized spacial score (nSPS) is 25.1. The molecule has 4 N–H and O–H groups in total. The van der Waals surface area contributed by atoms with Gasteiger partial charge in [0.25, 0.3) is 10.9 Å². The molecule has 0 radical (unpaired) electrons. The van der Waals surface area contributed by atoms with E-state index in [0.717, 1.165) is 24.8 Å². The second-order valence-electron chi connectivity index (χ2n) is 11.3. The molecular weight excluding hydrogens is 501 g/mol. The number of nitrogens with two attached hydrogens (primary N) is 1. The zero-order chi connectivity index (χ0) is 27.1. The molecule has 0 saturated heterocycles. The molecule has 0 amide bonds. The zero-order valence-electron chi connectivity index (χ0n) is 22.5. The van der Waals surface area contributed by atoms with E-state index in [0.29, 0.717) is 28.9 Å². The van der Waals surface area contributed by atoms with Crippen molar-refractivity contribution in [2.24, 2.45) is 17.6 Å². The van der Waals surface area contributed by atoms with Gasteiger partial charge in [-0.25, -0.2) is 0 Å². The third kappa shape index (κ3) is 4.73. The molecule has 200 valence electrons. The van der Waals surface area contributed by atoms with Gasteiger partial charge in [-0.05, 0) is 73.3 Å². The van der Waals surface area contributed by atoms with E-state index in [4.69, 9.17) is 5.73 Å². The van der Waals surface area contributed by atoms with Gasteiger partial charge in [-0.3, -0.25) is 9.59 Å². The summed E-state index contributed by atoms with van der Waals surface area (Å²) in [6, 6.07) is 29.6. The monoisotopic (exact) mass is 537 g/mol. The third-order valence-corrected chi connectivity index (χ3v) is 12.0. The molecule has 6 rings (SSSR count). The van der Waals surface area contributed by atoms with Crippen LogP contribution >= 0.6 is 7.92 Å². The van der Waals surface area contributed by atoms with Gasteiger partial charge in [0, 0.05) is 12.1 Å². The van der Waals surface area contributed by atoms with Crippen LogP contribution in [0, 0.1) is 11.8 Å². The van der Waals surface area contributed by atoms with Crippen LogP contribution in [0.25, 0.3) is 0 Å². The summed E-state index contributed by atoms with van der Waals surface area (Å²) >= 11 is 0. The van der Waals surface area contributed by atoms with E-state index < -0.39 is 18.8 Å². The summed E-state index contributed by atoms with van der Waals surface area (Å²) in [6.45, 7) is 4.55. The van der Waals surface area contributed by atoms with E-state index >= 15 is 0 Å².